The van der Waals surface area contributed by atoms with Crippen molar-refractivity contribution in [2.75, 3.05) is 21.3 Å². The van der Waals surface area contributed by atoms with Crippen molar-refractivity contribution in [1.29, 1.82) is 0 Å². The van der Waals surface area contributed by atoms with Crippen LogP contribution in [0.1, 0.15) is 64.1 Å². The van der Waals surface area contributed by atoms with Crippen LogP contribution in [0.15, 0.2) is 125 Å². The van der Waals surface area contributed by atoms with Crippen molar-refractivity contribution in [2.24, 2.45) is 0 Å². The van der Waals surface area contributed by atoms with Gasteiger partial charge in [0.1, 0.15) is 22.0 Å². The number of hydrogen-bond donors (Lipinski definition) is 6. The van der Waals surface area contributed by atoms with Crippen molar-refractivity contribution >= 4 is 112 Å². The molecule has 0 aliphatic heterocycles. The second-order valence-corrected chi connectivity index (χ2v) is 21.5. The van der Waals surface area contributed by atoms with Crippen molar-refractivity contribution in [3.05, 3.63) is 163 Å². The van der Waals surface area contributed by atoms with Crippen LogP contribution in [0.5, 0.6) is 11.5 Å². The summed E-state index contributed by atoms with van der Waals surface area (Å²) in [7, 11) is -7.92. The summed E-state index contributed by atoms with van der Waals surface area (Å²) in [4.78, 5) is 50.8. The third kappa shape index (κ3) is 13.3. The maximum Gasteiger partial charge on any atom is 0.255 e. The molecule has 0 heterocycles. The van der Waals surface area contributed by atoms with E-state index in [9.17, 15) is 46.2 Å². The van der Waals surface area contributed by atoms with Gasteiger partial charge in [-0.05, 0) is 111 Å². The van der Waals surface area contributed by atoms with Gasteiger partial charge in [-0.1, -0.05) is 102 Å². The molecule has 6 aromatic carbocycles. The lowest BCUT2D eigenvalue weighted by molar-refractivity contribution is -0.116. The number of rotatable bonds is 14. The number of carbonyl (C=O) groups excluding carboxylic acids is 4. The van der Waals surface area contributed by atoms with E-state index in [1.54, 1.807) is 76.2 Å². The molecular weight excluding hydrogens is 1010 g/mol. The first-order valence-electron chi connectivity index (χ1n) is 20.9. The fraction of sp³-hybridized carbons (Fsp3) is 0.184. The minimum atomic E-state index is -3.97. The number of phenols is 2. The summed E-state index contributed by atoms with van der Waals surface area (Å²) in [5, 5.41) is 28.5. The summed E-state index contributed by atoms with van der Waals surface area (Å²) in [5.74, 6) is -3.34. The van der Waals surface area contributed by atoms with Gasteiger partial charge >= 0.3 is 0 Å². The van der Waals surface area contributed by atoms with E-state index in [1.807, 2.05) is 6.92 Å². The lowest BCUT2D eigenvalue weighted by Crippen LogP contribution is -2.34. The Morgan fingerprint density at radius 2 is 0.870 bits per heavy atom. The van der Waals surface area contributed by atoms with Crippen molar-refractivity contribution in [1.82, 2.24) is 0 Å². The summed E-state index contributed by atoms with van der Waals surface area (Å²) in [5.41, 5.74) is 3.12. The van der Waals surface area contributed by atoms with Crippen LogP contribution in [-0.2, 0) is 29.3 Å². The summed E-state index contributed by atoms with van der Waals surface area (Å²) in [6, 6.07) is 28.6. The smallest absolute Gasteiger partial charge is 0.255 e. The normalized spacial score (nSPS) is 12.1. The van der Waals surface area contributed by atoms with Gasteiger partial charge in [0.15, 0.2) is 19.7 Å². The van der Waals surface area contributed by atoms with Gasteiger partial charge in [-0.2, -0.15) is 0 Å². The number of carbonyl (C=O) groups is 4. The van der Waals surface area contributed by atoms with Crippen molar-refractivity contribution in [2.45, 2.75) is 67.8 Å². The number of benzene rings is 6. The number of anilines is 4. The Kier molecular flexibility index (Phi) is 17.9. The van der Waals surface area contributed by atoms with E-state index >= 15 is 0 Å². The molecule has 0 spiro atoms. The van der Waals surface area contributed by atoms with E-state index in [-0.39, 0.29) is 76.8 Å². The van der Waals surface area contributed by atoms with Crippen molar-refractivity contribution < 1.29 is 46.2 Å². The van der Waals surface area contributed by atoms with E-state index in [0.717, 1.165) is 28.8 Å². The highest BCUT2D eigenvalue weighted by Crippen LogP contribution is 2.37. The predicted molar refractivity (Wildman–Crippen MR) is 272 cm³/mol. The van der Waals surface area contributed by atoms with Crippen LogP contribution in [0.2, 0.25) is 20.1 Å². The van der Waals surface area contributed by atoms with Crippen LogP contribution in [0.25, 0.3) is 0 Å². The first kappa shape index (κ1) is 53.8. The van der Waals surface area contributed by atoms with Gasteiger partial charge in [-0.15, -0.1) is 0 Å². The summed E-state index contributed by atoms with van der Waals surface area (Å²) < 4.78 is 52.2. The van der Waals surface area contributed by atoms with Crippen LogP contribution >= 0.6 is 46.4 Å². The van der Waals surface area contributed by atoms with Crippen molar-refractivity contribution in [3.63, 3.8) is 0 Å². The van der Waals surface area contributed by atoms with E-state index in [1.165, 1.54) is 54.6 Å². The minimum absolute atomic E-state index is 0.0143. The highest BCUT2D eigenvalue weighted by Gasteiger charge is 2.34. The lowest BCUT2D eigenvalue weighted by Gasteiger charge is -2.18. The maximum atomic E-state index is 13.0. The van der Waals surface area contributed by atoms with Gasteiger partial charge in [-0.25, -0.2) is 16.8 Å². The van der Waals surface area contributed by atoms with Crippen LogP contribution in [-0.4, -0.2) is 61.2 Å². The topological polar surface area (TPSA) is 225 Å². The summed E-state index contributed by atoms with van der Waals surface area (Å²) in [6.45, 7) is 8.60. The zero-order valence-electron chi connectivity index (χ0n) is 37.5. The highest BCUT2D eigenvalue weighted by atomic mass is 35.5. The molecule has 0 bridgehead atoms. The second kappa shape index (κ2) is 23.0. The second-order valence-electron chi connectivity index (χ2n) is 15.6. The Labute approximate surface area is 419 Å². The lowest BCUT2D eigenvalue weighted by atomic mass is 10.1. The van der Waals surface area contributed by atoms with Gasteiger partial charge in [0, 0.05) is 23.3 Å². The fourth-order valence-corrected chi connectivity index (χ4v) is 10.9. The molecule has 6 N–H and O–H groups in total. The van der Waals surface area contributed by atoms with Gasteiger partial charge in [0.25, 0.3) is 11.8 Å². The molecule has 69 heavy (non-hydrogen) atoms. The quantitative estimate of drug-likeness (QED) is 0.0566. The molecule has 0 fully saturated rings. The number of aromatic hydroxyl groups is 2. The van der Waals surface area contributed by atoms with Crippen LogP contribution in [0.3, 0.4) is 0 Å². The fourth-order valence-electron chi connectivity index (χ4n) is 6.68. The molecule has 14 nitrogen and oxygen atoms in total. The Bertz CT molecular complexity index is 3170. The van der Waals surface area contributed by atoms with Gasteiger partial charge in [0.2, 0.25) is 11.8 Å². The Hall–Kier alpha value is -6.14. The molecule has 0 radical (unpaired) electrons. The summed E-state index contributed by atoms with van der Waals surface area (Å²) >= 11 is 24.3. The van der Waals surface area contributed by atoms with Crippen LogP contribution in [0, 0.1) is 20.8 Å². The number of amides is 4. The van der Waals surface area contributed by atoms with Crippen LogP contribution in [0.4, 0.5) is 22.7 Å². The van der Waals surface area contributed by atoms with Gasteiger partial charge in [-0.3, -0.25) is 19.2 Å². The Morgan fingerprint density at radius 1 is 0.464 bits per heavy atom. The average Bonchev–Trinajstić information content (AvgIpc) is 3.28. The molecule has 362 valence electrons. The maximum absolute atomic E-state index is 13.0. The zero-order valence-corrected chi connectivity index (χ0v) is 42.2. The first-order valence-corrected chi connectivity index (χ1v) is 25.5. The highest BCUT2D eigenvalue weighted by molar-refractivity contribution is 7.93. The standard InChI is InChI=1S/C25H25ClN2O5S.C24H21Cl3N2O5S/c1-4-23(34(32,33)18-7-5-6-16(3)12-18)25(31)27-20-14-22(29)21(13-19(20)26)28-24(30)17-10-8-15(2)9-11-17;1-3-22(35(33,34)15-6-4-5-13(2)9-15)24(32)28-19-12-21(30)20(11-18(19)27)29-23(31)14-7-8-16(25)17(26)10-14/h5-14,23,29H,4H2,1-3H3,(H,27,31)(H,28,30);4-12,22,30H,3H2,1-2H3,(H,28,32)(H,29,31). The Balaban J connectivity index is 0.000000258. The number of phenolic OH excluding ortho intramolecular Hbond substituents is 2. The number of hydrogen-bond acceptors (Lipinski definition) is 10. The van der Waals surface area contributed by atoms with E-state index in [0.29, 0.717) is 5.56 Å². The number of halogens is 4. The SMILES string of the molecule is CCC(C(=O)Nc1cc(O)c(NC(=O)c2ccc(C)cc2)cc1Cl)S(=O)(=O)c1cccc(C)c1.CCC(C(=O)Nc1cc(O)c(NC(=O)c2ccc(Cl)c(Cl)c2)cc1Cl)S(=O)(=O)c1cccc(C)c1. The largest absolute Gasteiger partial charge is 0.506 e. The summed E-state index contributed by atoms with van der Waals surface area (Å²) in [6.07, 6.45) is 0.0555. The number of aryl methyl sites for hydroxylation is 3. The first-order chi connectivity index (χ1) is 32.5. The van der Waals surface area contributed by atoms with Crippen LogP contribution < -0.4 is 21.3 Å². The third-order valence-corrected chi connectivity index (χ3v) is 16.2. The predicted octanol–water partition coefficient (Wildman–Crippen LogP) is 11.2. The minimum Gasteiger partial charge on any atom is -0.506 e. The molecule has 2 unspecified atom stereocenters. The van der Waals surface area contributed by atoms with Crippen molar-refractivity contribution in [3.8, 4) is 11.5 Å². The van der Waals surface area contributed by atoms with Gasteiger partial charge in [0.05, 0.1) is 52.6 Å². The molecule has 6 aromatic rings. The molecule has 2 atom stereocenters. The zero-order chi connectivity index (χ0) is 51.0. The molecule has 0 aliphatic carbocycles. The number of sulfone groups is 2. The molecule has 4 amide bonds. The third-order valence-electron chi connectivity index (χ3n) is 10.4. The van der Waals surface area contributed by atoms with E-state index < -0.39 is 59.6 Å². The Morgan fingerprint density at radius 3 is 1.26 bits per heavy atom. The molecular formula is C49H46Cl4N4O10S2. The average molecular weight is 1060 g/mol. The molecule has 6 rings (SSSR count). The van der Waals surface area contributed by atoms with E-state index in [2.05, 4.69) is 21.3 Å². The number of nitrogens with one attached hydrogen (secondary N) is 4. The molecule has 0 aromatic heterocycles. The molecule has 20 heteroatoms. The molecule has 0 saturated heterocycles. The monoisotopic (exact) mass is 1050 g/mol. The van der Waals surface area contributed by atoms with Gasteiger partial charge < -0.3 is 31.5 Å². The van der Waals surface area contributed by atoms with E-state index in [4.69, 9.17) is 46.4 Å². The molecule has 0 saturated carbocycles. The molecule has 0 aliphatic rings.